The number of hydrogen-bond acceptors (Lipinski definition) is 1. The molecule has 1 aliphatic carbocycles. The normalized spacial score (nSPS) is 16.2. The van der Waals surface area contributed by atoms with E-state index in [0.29, 0.717) is 6.04 Å². The van der Waals surface area contributed by atoms with E-state index in [2.05, 4.69) is 5.32 Å². The van der Waals surface area contributed by atoms with Crippen molar-refractivity contribution in [2.24, 2.45) is 0 Å². The van der Waals surface area contributed by atoms with Crippen LogP contribution in [0.2, 0.25) is 0 Å². The summed E-state index contributed by atoms with van der Waals surface area (Å²) in [4.78, 5) is 0. The minimum absolute atomic E-state index is 0.132. The first-order valence-electron chi connectivity index (χ1n) is 4.73. The lowest BCUT2D eigenvalue weighted by Gasteiger charge is -2.04. The van der Waals surface area contributed by atoms with Gasteiger partial charge in [0.15, 0.2) is 0 Å². The maximum Gasteiger partial charge on any atom is 0.123 e. The summed E-state index contributed by atoms with van der Waals surface area (Å²) >= 11 is 0. The Bertz CT molecular complexity index is 285. The predicted octanol–water partition coefficient (Wildman–Crippen LogP) is 2.39. The van der Waals surface area contributed by atoms with Gasteiger partial charge >= 0.3 is 0 Å². The molecule has 1 saturated carbocycles. The standard InChI is InChI=1S/C11H14FN/c1-8-4-9(6-10(12)5-8)7-13-11-2-3-11/h4-6,11,13H,2-3,7H2,1H3. The van der Waals surface area contributed by atoms with Crippen LogP contribution in [0.5, 0.6) is 0 Å². The van der Waals surface area contributed by atoms with Crippen LogP contribution in [0.25, 0.3) is 0 Å². The molecule has 1 nitrogen and oxygen atoms in total. The Morgan fingerprint density at radius 2 is 2.15 bits per heavy atom. The molecule has 1 fully saturated rings. The van der Waals surface area contributed by atoms with E-state index in [1.165, 1.54) is 12.8 Å². The molecule has 1 aliphatic rings. The molecule has 2 heteroatoms. The molecule has 1 aromatic rings. The van der Waals surface area contributed by atoms with E-state index in [-0.39, 0.29) is 5.82 Å². The molecule has 0 atom stereocenters. The molecule has 70 valence electrons. The lowest BCUT2D eigenvalue weighted by atomic mass is 10.1. The minimum atomic E-state index is -0.132. The zero-order valence-electron chi connectivity index (χ0n) is 7.81. The molecule has 0 heterocycles. The second kappa shape index (κ2) is 3.46. The highest BCUT2D eigenvalue weighted by Crippen LogP contribution is 2.19. The zero-order chi connectivity index (χ0) is 9.26. The van der Waals surface area contributed by atoms with Crippen molar-refractivity contribution in [3.8, 4) is 0 Å². The topological polar surface area (TPSA) is 12.0 Å². The van der Waals surface area contributed by atoms with Crippen LogP contribution in [0.15, 0.2) is 18.2 Å². The summed E-state index contributed by atoms with van der Waals surface area (Å²) in [5.74, 6) is -0.132. The van der Waals surface area contributed by atoms with Crippen molar-refractivity contribution in [1.82, 2.24) is 5.32 Å². The summed E-state index contributed by atoms with van der Waals surface area (Å²) in [7, 11) is 0. The predicted molar refractivity (Wildman–Crippen MR) is 51.0 cm³/mol. The molecule has 2 rings (SSSR count). The van der Waals surface area contributed by atoms with Crippen LogP contribution in [-0.2, 0) is 6.54 Å². The number of benzene rings is 1. The smallest absolute Gasteiger partial charge is 0.123 e. The Kier molecular flexibility index (Phi) is 2.32. The molecule has 0 unspecified atom stereocenters. The van der Waals surface area contributed by atoms with Crippen LogP contribution in [0.1, 0.15) is 24.0 Å². The van der Waals surface area contributed by atoms with E-state index in [9.17, 15) is 4.39 Å². The summed E-state index contributed by atoms with van der Waals surface area (Å²) in [6, 6.07) is 5.87. The molecule has 0 aliphatic heterocycles. The number of aryl methyl sites for hydroxylation is 1. The number of hydrogen-bond donors (Lipinski definition) is 1. The van der Waals surface area contributed by atoms with Crippen molar-refractivity contribution in [3.63, 3.8) is 0 Å². The third kappa shape index (κ3) is 2.52. The van der Waals surface area contributed by atoms with Crippen molar-refractivity contribution in [3.05, 3.63) is 35.1 Å². The van der Waals surface area contributed by atoms with Crippen LogP contribution in [0.4, 0.5) is 4.39 Å². The third-order valence-electron chi connectivity index (χ3n) is 2.27. The average molecular weight is 179 g/mol. The molecule has 0 spiro atoms. The second-order valence-corrected chi connectivity index (χ2v) is 3.79. The van der Waals surface area contributed by atoms with E-state index >= 15 is 0 Å². The minimum Gasteiger partial charge on any atom is -0.310 e. The fourth-order valence-corrected chi connectivity index (χ4v) is 1.46. The van der Waals surface area contributed by atoms with Gasteiger partial charge in [0.25, 0.3) is 0 Å². The van der Waals surface area contributed by atoms with E-state index < -0.39 is 0 Å². The monoisotopic (exact) mass is 179 g/mol. The quantitative estimate of drug-likeness (QED) is 0.751. The highest BCUT2D eigenvalue weighted by molar-refractivity contribution is 5.23. The Hall–Kier alpha value is -0.890. The van der Waals surface area contributed by atoms with E-state index in [4.69, 9.17) is 0 Å². The molecule has 1 aromatic carbocycles. The van der Waals surface area contributed by atoms with Gasteiger partial charge in [-0.25, -0.2) is 4.39 Å². The van der Waals surface area contributed by atoms with E-state index in [1.807, 2.05) is 13.0 Å². The van der Waals surface area contributed by atoms with Crippen LogP contribution in [0.3, 0.4) is 0 Å². The van der Waals surface area contributed by atoms with Gasteiger partial charge in [0, 0.05) is 12.6 Å². The Balaban J connectivity index is 2.01. The molecule has 0 aromatic heterocycles. The maximum absolute atomic E-state index is 12.9. The van der Waals surface area contributed by atoms with Gasteiger partial charge in [-0.3, -0.25) is 0 Å². The Morgan fingerprint density at radius 1 is 1.38 bits per heavy atom. The lowest BCUT2D eigenvalue weighted by Crippen LogP contribution is -2.15. The largest absolute Gasteiger partial charge is 0.310 e. The molecular weight excluding hydrogens is 165 g/mol. The van der Waals surface area contributed by atoms with Crippen LogP contribution in [0, 0.1) is 12.7 Å². The highest BCUT2D eigenvalue weighted by atomic mass is 19.1. The van der Waals surface area contributed by atoms with Crippen molar-refractivity contribution >= 4 is 0 Å². The number of rotatable bonds is 3. The van der Waals surface area contributed by atoms with Gasteiger partial charge in [0.2, 0.25) is 0 Å². The van der Waals surface area contributed by atoms with E-state index in [0.717, 1.165) is 17.7 Å². The maximum atomic E-state index is 12.9. The van der Waals surface area contributed by atoms with Gasteiger partial charge in [-0.2, -0.15) is 0 Å². The number of halogens is 1. The molecule has 13 heavy (non-hydrogen) atoms. The zero-order valence-corrected chi connectivity index (χ0v) is 7.81. The summed E-state index contributed by atoms with van der Waals surface area (Å²) in [6.45, 7) is 2.72. The first-order valence-corrected chi connectivity index (χ1v) is 4.73. The van der Waals surface area contributed by atoms with Gasteiger partial charge < -0.3 is 5.32 Å². The van der Waals surface area contributed by atoms with Crippen molar-refractivity contribution < 1.29 is 4.39 Å². The lowest BCUT2D eigenvalue weighted by molar-refractivity contribution is 0.618. The number of nitrogens with one attached hydrogen (secondary N) is 1. The molecule has 1 N–H and O–H groups in total. The SMILES string of the molecule is Cc1cc(F)cc(CNC2CC2)c1. The van der Waals surface area contributed by atoms with Gasteiger partial charge in [-0.15, -0.1) is 0 Å². The van der Waals surface area contributed by atoms with Crippen molar-refractivity contribution in [2.45, 2.75) is 32.4 Å². The van der Waals surface area contributed by atoms with Gasteiger partial charge in [-0.05, 0) is 43.0 Å². The first-order chi connectivity index (χ1) is 6.24. The van der Waals surface area contributed by atoms with Crippen LogP contribution in [-0.4, -0.2) is 6.04 Å². The first kappa shape index (κ1) is 8.70. The van der Waals surface area contributed by atoms with Gasteiger partial charge in [0.1, 0.15) is 5.82 Å². The molecule has 0 saturated heterocycles. The van der Waals surface area contributed by atoms with E-state index in [1.54, 1.807) is 12.1 Å². The van der Waals surface area contributed by atoms with Gasteiger partial charge in [-0.1, -0.05) is 6.07 Å². The van der Waals surface area contributed by atoms with Crippen LogP contribution < -0.4 is 5.32 Å². The summed E-state index contributed by atoms with van der Waals surface area (Å²) in [5, 5.41) is 3.36. The molecular formula is C11H14FN. The summed E-state index contributed by atoms with van der Waals surface area (Å²) < 4.78 is 12.9. The fourth-order valence-electron chi connectivity index (χ4n) is 1.46. The van der Waals surface area contributed by atoms with Crippen molar-refractivity contribution in [1.29, 1.82) is 0 Å². The molecule has 0 bridgehead atoms. The highest BCUT2D eigenvalue weighted by Gasteiger charge is 2.19. The Morgan fingerprint density at radius 3 is 2.77 bits per heavy atom. The molecule has 0 amide bonds. The summed E-state index contributed by atoms with van der Waals surface area (Å²) in [6.07, 6.45) is 2.54. The van der Waals surface area contributed by atoms with Crippen molar-refractivity contribution in [2.75, 3.05) is 0 Å². The average Bonchev–Trinajstić information content (AvgIpc) is 2.81. The summed E-state index contributed by atoms with van der Waals surface area (Å²) in [5.41, 5.74) is 2.04. The third-order valence-corrected chi connectivity index (χ3v) is 2.27. The molecule has 0 radical (unpaired) electrons. The fraction of sp³-hybridized carbons (Fsp3) is 0.455. The van der Waals surface area contributed by atoms with Crippen LogP contribution >= 0.6 is 0 Å². The Labute approximate surface area is 78.0 Å². The van der Waals surface area contributed by atoms with Gasteiger partial charge in [0.05, 0.1) is 0 Å². The second-order valence-electron chi connectivity index (χ2n) is 3.79.